The molecule has 0 bridgehead atoms. The summed E-state index contributed by atoms with van der Waals surface area (Å²) in [6.07, 6.45) is 5.65. The maximum absolute atomic E-state index is 12.4. The van der Waals surface area contributed by atoms with Crippen molar-refractivity contribution in [3.63, 3.8) is 0 Å². The number of nitrogens with zero attached hydrogens (tertiary/aromatic N) is 3. The summed E-state index contributed by atoms with van der Waals surface area (Å²) < 4.78 is 27.2. The molecule has 12 heteroatoms. The minimum atomic E-state index is -3.78. The summed E-state index contributed by atoms with van der Waals surface area (Å²) in [6.45, 7) is 3.33. The molecule has 2 N–H and O–H groups in total. The zero-order valence-electron chi connectivity index (χ0n) is 16.2. The van der Waals surface area contributed by atoms with E-state index in [0.717, 1.165) is 37.4 Å². The average Bonchev–Trinajstić information content (AvgIpc) is 3.01. The second-order valence-corrected chi connectivity index (χ2v) is 10.7. The SMILES string of the molecule is O=C(Nc1nnc(S(=O)(=O)NCCCN2CCCCCC2)s1)c1ccc(Cl)cc1Cl. The van der Waals surface area contributed by atoms with Crippen molar-refractivity contribution in [1.82, 2.24) is 19.8 Å². The van der Waals surface area contributed by atoms with Gasteiger partial charge < -0.3 is 4.90 Å². The molecule has 8 nitrogen and oxygen atoms in total. The van der Waals surface area contributed by atoms with Gasteiger partial charge in [-0.05, 0) is 57.1 Å². The number of halogens is 2. The molecule has 1 fully saturated rings. The molecular weight excluding hydrogens is 469 g/mol. The van der Waals surface area contributed by atoms with E-state index in [1.54, 1.807) is 0 Å². The number of rotatable bonds is 8. The Labute approximate surface area is 190 Å². The maximum Gasteiger partial charge on any atom is 0.269 e. The van der Waals surface area contributed by atoms with E-state index < -0.39 is 15.9 Å². The number of nitrogens with one attached hydrogen (secondary N) is 2. The van der Waals surface area contributed by atoms with Crippen LogP contribution in [0.2, 0.25) is 10.0 Å². The van der Waals surface area contributed by atoms with Crippen LogP contribution in [-0.4, -0.2) is 55.6 Å². The lowest BCUT2D eigenvalue weighted by Gasteiger charge is -2.19. The van der Waals surface area contributed by atoms with Crippen LogP contribution in [0.3, 0.4) is 0 Å². The molecule has 30 heavy (non-hydrogen) atoms. The largest absolute Gasteiger partial charge is 0.303 e. The second kappa shape index (κ2) is 10.8. The molecule has 1 saturated heterocycles. The van der Waals surface area contributed by atoms with Gasteiger partial charge in [-0.15, -0.1) is 10.2 Å². The van der Waals surface area contributed by atoms with Crippen molar-refractivity contribution in [2.24, 2.45) is 0 Å². The van der Waals surface area contributed by atoms with E-state index in [2.05, 4.69) is 25.1 Å². The first-order valence-corrected chi connectivity index (χ1v) is 12.7. The van der Waals surface area contributed by atoms with Crippen molar-refractivity contribution >= 4 is 55.6 Å². The fourth-order valence-corrected chi connectivity index (χ4v) is 5.64. The van der Waals surface area contributed by atoms with E-state index >= 15 is 0 Å². The van der Waals surface area contributed by atoms with Crippen LogP contribution in [0.4, 0.5) is 5.13 Å². The molecule has 2 aromatic rings. The first kappa shape index (κ1) is 23.4. The Morgan fingerprint density at radius 3 is 2.57 bits per heavy atom. The van der Waals surface area contributed by atoms with Gasteiger partial charge in [0.25, 0.3) is 15.9 Å². The lowest BCUT2D eigenvalue weighted by molar-refractivity contribution is 0.102. The summed E-state index contributed by atoms with van der Waals surface area (Å²) in [7, 11) is -3.78. The molecule has 1 aliphatic rings. The van der Waals surface area contributed by atoms with Crippen LogP contribution in [-0.2, 0) is 10.0 Å². The topological polar surface area (TPSA) is 104 Å². The van der Waals surface area contributed by atoms with Gasteiger partial charge in [0.1, 0.15) is 0 Å². The zero-order chi connectivity index (χ0) is 21.6. The van der Waals surface area contributed by atoms with Crippen molar-refractivity contribution in [2.75, 3.05) is 31.5 Å². The summed E-state index contributed by atoms with van der Waals surface area (Å²) >= 11 is 12.6. The highest BCUT2D eigenvalue weighted by atomic mass is 35.5. The fourth-order valence-electron chi connectivity index (χ4n) is 3.14. The van der Waals surface area contributed by atoms with Crippen LogP contribution in [0.15, 0.2) is 22.5 Å². The number of likely N-dealkylation sites (tertiary alicyclic amines) is 1. The Hall–Kier alpha value is -1.30. The predicted molar refractivity (Wildman–Crippen MR) is 119 cm³/mol. The Morgan fingerprint density at radius 1 is 1.13 bits per heavy atom. The average molecular weight is 492 g/mol. The Balaban J connectivity index is 1.51. The van der Waals surface area contributed by atoms with Crippen LogP contribution in [0.5, 0.6) is 0 Å². The third-order valence-corrected chi connectivity index (χ3v) is 7.89. The number of hydrogen-bond acceptors (Lipinski definition) is 7. The van der Waals surface area contributed by atoms with Crippen LogP contribution >= 0.6 is 34.5 Å². The minimum absolute atomic E-state index is 0.0657. The van der Waals surface area contributed by atoms with E-state index in [1.807, 2.05) is 0 Å². The molecule has 1 aliphatic heterocycles. The first-order valence-electron chi connectivity index (χ1n) is 9.67. The molecule has 0 spiro atoms. The monoisotopic (exact) mass is 491 g/mol. The maximum atomic E-state index is 12.4. The van der Waals surface area contributed by atoms with E-state index in [1.165, 1.54) is 43.9 Å². The molecule has 0 unspecified atom stereocenters. The Bertz CT molecular complexity index is 976. The molecule has 0 radical (unpaired) electrons. The van der Waals surface area contributed by atoms with Crippen molar-refractivity contribution < 1.29 is 13.2 Å². The van der Waals surface area contributed by atoms with Crippen molar-refractivity contribution in [2.45, 2.75) is 36.4 Å². The summed E-state index contributed by atoms with van der Waals surface area (Å²) in [5.41, 5.74) is 0.201. The quantitative estimate of drug-likeness (QED) is 0.431. The van der Waals surface area contributed by atoms with Crippen molar-refractivity contribution in [3.05, 3.63) is 33.8 Å². The fraction of sp³-hybridized carbons (Fsp3) is 0.500. The van der Waals surface area contributed by atoms with Gasteiger partial charge in [-0.1, -0.05) is 47.4 Å². The van der Waals surface area contributed by atoms with Crippen LogP contribution in [0, 0.1) is 0 Å². The third-order valence-electron chi connectivity index (χ3n) is 4.67. The molecule has 1 aromatic carbocycles. The lowest BCUT2D eigenvalue weighted by Crippen LogP contribution is -2.30. The van der Waals surface area contributed by atoms with Gasteiger partial charge in [-0.2, -0.15) is 0 Å². The van der Waals surface area contributed by atoms with Gasteiger partial charge in [0.2, 0.25) is 9.47 Å². The van der Waals surface area contributed by atoms with Gasteiger partial charge in [-0.3, -0.25) is 10.1 Å². The molecular formula is C18H23Cl2N5O3S2. The minimum Gasteiger partial charge on any atom is -0.303 e. The van der Waals surface area contributed by atoms with E-state index in [9.17, 15) is 13.2 Å². The number of benzene rings is 1. The normalized spacial score (nSPS) is 15.7. The van der Waals surface area contributed by atoms with E-state index in [-0.39, 0.29) is 20.1 Å². The summed E-state index contributed by atoms with van der Waals surface area (Å²) in [5.74, 6) is -0.526. The molecule has 2 heterocycles. The van der Waals surface area contributed by atoms with Crippen LogP contribution < -0.4 is 10.0 Å². The number of carbonyl (C=O) groups excluding carboxylic acids is 1. The van der Waals surface area contributed by atoms with Gasteiger partial charge in [-0.25, -0.2) is 13.1 Å². The number of anilines is 1. The Kier molecular flexibility index (Phi) is 8.44. The number of sulfonamides is 1. The second-order valence-electron chi connectivity index (χ2n) is 6.96. The Morgan fingerprint density at radius 2 is 1.87 bits per heavy atom. The molecule has 1 aromatic heterocycles. The first-order chi connectivity index (χ1) is 14.3. The summed E-state index contributed by atoms with van der Waals surface area (Å²) in [5, 5.41) is 10.6. The molecule has 0 atom stereocenters. The lowest BCUT2D eigenvalue weighted by atomic mass is 10.2. The van der Waals surface area contributed by atoms with Gasteiger partial charge >= 0.3 is 0 Å². The smallest absolute Gasteiger partial charge is 0.269 e. The van der Waals surface area contributed by atoms with Crippen molar-refractivity contribution in [1.29, 1.82) is 0 Å². The van der Waals surface area contributed by atoms with Gasteiger partial charge in [0, 0.05) is 11.6 Å². The summed E-state index contributed by atoms with van der Waals surface area (Å²) in [6, 6.07) is 4.46. The predicted octanol–water partition coefficient (Wildman–Crippen LogP) is 3.64. The molecule has 3 rings (SSSR count). The van der Waals surface area contributed by atoms with Gasteiger partial charge in [0.05, 0.1) is 10.6 Å². The highest BCUT2D eigenvalue weighted by molar-refractivity contribution is 7.91. The van der Waals surface area contributed by atoms with Crippen LogP contribution in [0.1, 0.15) is 42.5 Å². The molecule has 0 aliphatic carbocycles. The standard InChI is InChI=1S/C18H23Cl2N5O3S2/c19-13-6-7-14(15(20)12-13)16(26)22-17-23-24-18(29-17)30(27,28)21-8-5-11-25-9-3-1-2-4-10-25/h6-7,12,21H,1-5,8-11H2,(H,22,23,26). The summed E-state index contributed by atoms with van der Waals surface area (Å²) in [4.78, 5) is 14.7. The number of carbonyl (C=O) groups is 1. The number of aromatic nitrogens is 2. The number of hydrogen-bond donors (Lipinski definition) is 2. The van der Waals surface area contributed by atoms with Gasteiger partial charge in [0.15, 0.2) is 0 Å². The van der Waals surface area contributed by atoms with E-state index in [4.69, 9.17) is 23.2 Å². The number of amides is 1. The highest BCUT2D eigenvalue weighted by Gasteiger charge is 2.21. The van der Waals surface area contributed by atoms with E-state index in [0.29, 0.717) is 11.6 Å². The van der Waals surface area contributed by atoms with Crippen LogP contribution in [0.25, 0.3) is 0 Å². The van der Waals surface area contributed by atoms with Crippen molar-refractivity contribution in [3.8, 4) is 0 Å². The highest BCUT2D eigenvalue weighted by Crippen LogP contribution is 2.24. The molecule has 164 valence electrons. The third kappa shape index (κ3) is 6.60. The zero-order valence-corrected chi connectivity index (χ0v) is 19.4. The molecule has 0 saturated carbocycles. The molecule has 1 amide bonds.